The molecular formula is C8H15N3O2S3. The van der Waals surface area contributed by atoms with Gasteiger partial charge in [-0.2, -0.15) is 11.8 Å². The summed E-state index contributed by atoms with van der Waals surface area (Å²) < 4.78 is 3.20. The molecule has 0 aromatic carbocycles. The molecule has 0 bridgehead atoms. The zero-order valence-corrected chi connectivity index (χ0v) is 12.0. The van der Waals surface area contributed by atoms with Gasteiger partial charge in [-0.15, -0.1) is 11.8 Å². The monoisotopic (exact) mass is 281 g/mol. The molecule has 1 fully saturated rings. The molecule has 1 amide bonds. The van der Waals surface area contributed by atoms with Crippen molar-refractivity contribution in [3.05, 3.63) is 0 Å². The highest BCUT2D eigenvalue weighted by molar-refractivity contribution is 8.18. The normalized spacial score (nSPS) is 18.9. The van der Waals surface area contributed by atoms with Crippen molar-refractivity contribution in [3.8, 4) is 0 Å². The van der Waals surface area contributed by atoms with E-state index in [1.54, 1.807) is 34.9 Å². The van der Waals surface area contributed by atoms with Gasteiger partial charge in [-0.1, -0.05) is 5.16 Å². The van der Waals surface area contributed by atoms with Gasteiger partial charge in [0.2, 0.25) is 0 Å². The SMILES string of the molecule is CN(C)SN(C)C(=O)ON=C1CSCCS1. The minimum Gasteiger partial charge on any atom is -0.296 e. The Morgan fingerprint density at radius 1 is 1.44 bits per heavy atom. The minimum atomic E-state index is -0.456. The molecule has 16 heavy (non-hydrogen) atoms. The zero-order valence-electron chi connectivity index (χ0n) is 9.50. The van der Waals surface area contributed by atoms with Crippen LogP contribution in [0.5, 0.6) is 0 Å². The predicted molar refractivity (Wildman–Crippen MR) is 72.7 cm³/mol. The maximum absolute atomic E-state index is 11.5. The lowest BCUT2D eigenvalue weighted by molar-refractivity contribution is 0.136. The summed E-state index contributed by atoms with van der Waals surface area (Å²) in [6, 6.07) is 0. The molecule has 92 valence electrons. The highest BCUT2D eigenvalue weighted by Crippen LogP contribution is 2.19. The third-order valence-electron chi connectivity index (χ3n) is 1.49. The molecule has 0 radical (unpaired) electrons. The Balaban J connectivity index is 2.32. The number of hydrogen-bond donors (Lipinski definition) is 0. The van der Waals surface area contributed by atoms with Crippen LogP contribution in [0.15, 0.2) is 5.16 Å². The van der Waals surface area contributed by atoms with Crippen LogP contribution in [0.4, 0.5) is 4.79 Å². The first-order valence-corrected chi connectivity index (χ1v) is 7.54. The minimum absolute atomic E-state index is 0.456. The second-order valence-corrected chi connectivity index (χ2v) is 6.85. The van der Waals surface area contributed by atoms with Crippen molar-refractivity contribution in [1.29, 1.82) is 0 Å². The standard InChI is InChI=1S/C8H15N3O2S3/c1-10(2)16-11(3)8(12)13-9-7-6-14-4-5-15-7/h4-6H2,1-3H3. The van der Waals surface area contributed by atoms with Crippen LogP contribution in [0.25, 0.3) is 0 Å². The molecule has 0 saturated carbocycles. The number of rotatable bonds is 3. The lowest BCUT2D eigenvalue weighted by Crippen LogP contribution is -2.23. The van der Waals surface area contributed by atoms with Gasteiger partial charge in [-0.25, -0.2) is 13.4 Å². The first-order valence-electron chi connectivity index (χ1n) is 4.67. The number of oxime groups is 1. The van der Waals surface area contributed by atoms with Gasteiger partial charge >= 0.3 is 6.09 Å². The molecule has 1 rings (SSSR count). The first-order chi connectivity index (χ1) is 7.59. The van der Waals surface area contributed by atoms with Crippen molar-refractivity contribution in [3.63, 3.8) is 0 Å². The number of nitrogens with zero attached hydrogens (tertiary/aromatic N) is 3. The van der Waals surface area contributed by atoms with E-state index in [1.807, 2.05) is 14.1 Å². The van der Waals surface area contributed by atoms with Crippen molar-refractivity contribution < 1.29 is 9.63 Å². The second kappa shape index (κ2) is 7.31. The largest absolute Gasteiger partial charge is 0.446 e. The van der Waals surface area contributed by atoms with Gasteiger partial charge in [0.25, 0.3) is 0 Å². The van der Waals surface area contributed by atoms with Crippen LogP contribution >= 0.6 is 35.7 Å². The van der Waals surface area contributed by atoms with Crippen LogP contribution in [0.3, 0.4) is 0 Å². The van der Waals surface area contributed by atoms with Gasteiger partial charge in [0.1, 0.15) is 5.04 Å². The predicted octanol–water partition coefficient (Wildman–Crippen LogP) is 1.97. The van der Waals surface area contributed by atoms with Gasteiger partial charge in [0, 0.05) is 36.4 Å². The van der Waals surface area contributed by atoms with Crippen molar-refractivity contribution in [2.75, 3.05) is 38.4 Å². The van der Waals surface area contributed by atoms with E-state index in [0.717, 1.165) is 22.3 Å². The van der Waals surface area contributed by atoms with Crippen LogP contribution in [0.2, 0.25) is 0 Å². The van der Waals surface area contributed by atoms with Crippen LogP contribution in [-0.4, -0.2) is 58.1 Å². The molecule has 5 nitrogen and oxygen atoms in total. The van der Waals surface area contributed by atoms with Gasteiger partial charge in [0.15, 0.2) is 0 Å². The number of hydrogen-bond acceptors (Lipinski definition) is 7. The third-order valence-corrected chi connectivity index (χ3v) is 4.58. The van der Waals surface area contributed by atoms with Crippen molar-refractivity contribution in [1.82, 2.24) is 8.61 Å². The fourth-order valence-electron chi connectivity index (χ4n) is 0.898. The summed E-state index contributed by atoms with van der Waals surface area (Å²) in [6.45, 7) is 0. The van der Waals surface area contributed by atoms with Crippen molar-refractivity contribution in [2.24, 2.45) is 5.16 Å². The van der Waals surface area contributed by atoms with Crippen LogP contribution in [-0.2, 0) is 4.84 Å². The number of carbonyl (C=O) groups excluding carboxylic acids is 1. The molecule has 8 heteroatoms. The van der Waals surface area contributed by atoms with E-state index in [9.17, 15) is 4.79 Å². The number of carbonyl (C=O) groups is 1. The summed E-state index contributed by atoms with van der Waals surface area (Å²) in [5.41, 5.74) is 0. The van der Waals surface area contributed by atoms with E-state index in [0.29, 0.717) is 0 Å². The number of thioether (sulfide) groups is 2. The average molecular weight is 281 g/mol. The molecule has 0 spiro atoms. The lowest BCUT2D eigenvalue weighted by atomic mass is 10.9. The first kappa shape index (κ1) is 14.0. The van der Waals surface area contributed by atoms with E-state index in [4.69, 9.17) is 4.84 Å². The average Bonchev–Trinajstić information content (AvgIpc) is 2.26. The highest BCUT2D eigenvalue weighted by atomic mass is 32.2. The second-order valence-electron chi connectivity index (χ2n) is 3.13. The molecule has 1 heterocycles. The van der Waals surface area contributed by atoms with Gasteiger partial charge in [0.05, 0.1) is 0 Å². The highest BCUT2D eigenvalue weighted by Gasteiger charge is 2.14. The Labute approximate surface area is 109 Å². The maximum Gasteiger partial charge on any atom is 0.446 e. The molecule has 0 aromatic rings. The Bertz CT molecular complexity index is 265. The Kier molecular flexibility index (Phi) is 6.40. The van der Waals surface area contributed by atoms with E-state index < -0.39 is 6.09 Å². The third kappa shape index (κ3) is 5.33. The smallest absolute Gasteiger partial charge is 0.296 e. The van der Waals surface area contributed by atoms with Gasteiger partial charge in [-0.3, -0.25) is 4.84 Å². The van der Waals surface area contributed by atoms with Gasteiger partial charge in [-0.05, 0) is 14.1 Å². The Morgan fingerprint density at radius 3 is 2.75 bits per heavy atom. The van der Waals surface area contributed by atoms with Crippen LogP contribution in [0.1, 0.15) is 0 Å². The fourth-order valence-corrected chi connectivity index (χ4v) is 3.57. The summed E-state index contributed by atoms with van der Waals surface area (Å²) in [4.78, 5) is 16.3. The van der Waals surface area contributed by atoms with Crippen molar-refractivity contribution in [2.45, 2.75) is 0 Å². The molecule has 0 unspecified atom stereocenters. The van der Waals surface area contributed by atoms with E-state index >= 15 is 0 Å². The zero-order chi connectivity index (χ0) is 12.0. The number of amides is 1. The van der Waals surface area contributed by atoms with E-state index in [1.165, 1.54) is 16.4 Å². The summed E-state index contributed by atoms with van der Waals surface area (Å²) in [7, 11) is 5.36. The van der Waals surface area contributed by atoms with Crippen molar-refractivity contribution >= 4 is 46.8 Å². The molecule has 1 aliphatic heterocycles. The summed E-state index contributed by atoms with van der Waals surface area (Å²) in [6.07, 6.45) is -0.456. The van der Waals surface area contributed by atoms with E-state index in [-0.39, 0.29) is 0 Å². The quantitative estimate of drug-likeness (QED) is 0.448. The maximum atomic E-state index is 11.5. The summed E-state index contributed by atoms with van der Waals surface area (Å²) >= 11 is 4.71. The Morgan fingerprint density at radius 2 is 2.19 bits per heavy atom. The summed E-state index contributed by atoms with van der Waals surface area (Å²) in [5, 5.41) is 4.73. The van der Waals surface area contributed by atoms with E-state index in [2.05, 4.69) is 5.16 Å². The molecule has 1 saturated heterocycles. The van der Waals surface area contributed by atoms with Crippen LogP contribution < -0.4 is 0 Å². The molecule has 0 atom stereocenters. The molecule has 0 aromatic heterocycles. The topological polar surface area (TPSA) is 45.1 Å². The van der Waals surface area contributed by atoms with Gasteiger partial charge < -0.3 is 0 Å². The molecule has 0 N–H and O–H groups in total. The summed E-state index contributed by atoms with van der Waals surface area (Å²) in [5.74, 6) is 3.00. The fraction of sp³-hybridized carbons (Fsp3) is 0.750. The lowest BCUT2D eigenvalue weighted by Gasteiger charge is -2.17. The molecular weight excluding hydrogens is 266 g/mol. The van der Waals surface area contributed by atoms with Crippen LogP contribution in [0, 0.1) is 0 Å². The molecule has 1 aliphatic rings. The molecule has 0 aliphatic carbocycles. The Hall–Kier alpha value is -0.0500.